The first-order valence-electron chi connectivity index (χ1n) is 8.56. The minimum atomic E-state index is -3.93. The van der Waals surface area contributed by atoms with Crippen molar-refractivity contribution in [2.24, 2.45) is 7.05 Å². The molecule has 1 heterocycles. The number of nitrogens with one attached hydrogen (secondary N) is 1. The van der Waals surface area contributed by atoms with Crippen molar-refractivity contribution in [1.29, 1.82) is 0 Å². The molecule has 0 aliphatic heterocycles. The molecule has 8 nitrogen and oxygen atoms in total. The summed E-state index contributed by atoms with van der Waals surface area (Å²) < 4.78 is 35.7. The summed E-state index contributed by atoms with van der Waals surface area (Å²) in [5, 5.41) is 6.68. The minimum absolute atomic E-state index is 0.00677. The summed E-state index contributed by atoms with van der Waals surface area (Å²) in [7, 11) is -0.696. The summed E-state index contributed by atoms with van der Waals surface area (Å²) in [6, 6.07) is 12.4. The monoisotopic (exact) mass is 411 g/mol. The molecule has 0 atom stereocenters. The van der Waals surface area contributed by atoms with E-state index in [9.17, 15) is 13.2 Å². The first kappa shape index (κ1) is 20.2. The van der Waals surface area contributed by atoms with Crippen molar-refractivity contribution < 1.29 is 17.9 Å². The van der Waals surface area contributed by atoms with E-state index in [1.54, 1.807) is 54.5 Å². The third-order valence-electron chi connectivity index (χ3n) is 3.88. The van der Waals surface area contributed by atoms with Crippen LogP contribution in [0.1, 0.15) is 5.56 Å². The van der Waals surface area contributed by atoms with E-state index in [0.717, 1.165) is 5.56 Å². The molecule has 3 rings (SSSR count). The van der Waals surface area contributed by atoms with Gasteiger partial charge in [0.2, 0.25) is 5.91 Å². The number of sulfonamides is 1. The Morgan fingerprint density at radius 3 is 2.55 bits per heavy atom. The highest BCUT2D eigenvalue weighted by Gasteiger charge is 2.07. The number of nitrogens with zero attached hydrogens (tertiary/aromatic N) is 3. The van der Waals surface area contributed by atoms with E-state index in [0.29, 0.717) is 11.4 Å². The van der Waals surface area contributed by atoms with Crippen molar-refractivity contribution in [2.45, 2.75) is 4.90 Å². The average molecular weight is 411 g/mol. The first-order valence-corrected chi connectivity index (χ1v) is 10.0. The maximum atomic E-state index is 12.5. The number of carbonyl (C=O) groups excluding carboxylic acids is 1. The van der Waals surface area contributed by atoms with Crippen LogP contribution in [0.15, 0.2) is 71.9 Å². The number of hydrogen-bond donors (Lipinski definition) is 1. The third-order valence-corrected chi connectivity index (χ3v) is 5.18. The number of benzene rings is 2. The van der Waals surface area contributed by atoms with Gasteiger partial charge in [-0.05, 0) is 36.4 Å². The Bertz CT molecular complexity index is 1140. The number of hydrogen-bond acceptors (Lipinski definition) is 5. The summed E-state index contributed by atoms with van der Waals surface area (Å²) in [5.41, 5.74) is 1.47. The summed E-state index contributed by atoms with van der Waals surface area (Å²) in [4.78, 5) is 12.0. The second-order valence-corrected chi connectivity index (χ2v) is 7.64. The Hall–Kier alpha value is -3.59. The van der Waals surface area contributed by atoms with Crippen LogP contribution in [0.3, 0.4) is 0 Å². The van der Waals surface area contributed by atoms with Gasteiger partial charge in [0, 0.05) is 30.6 Å². The predicted molar refractivity (Wildman–Crippen MR) is 111 cm³/mol. The number of para-hydroxylation sites is 1. The largest absolute Gasteiger partial charge is 0.570 e. The van der Waals surface area contributed by atoms with Crippen molar-refractivity contribution in [2.75, 3.05) is 12.4 Å². The minimum Gasteiger partial charge on any atom is -0.570 e. The zero-order valence-corrected chi connectivity index (χ0v) is 16.6. The van der Waals surface area contributed by atoms with Gasteiger partial charge in [-0.3, -0.25) is 9.48 Å². The SMILES string of the molecule is COc1ccccc1[N-]S(=O)(=O)c1ccc(NC(=O)C=Cc2cnn(C)c2)cc1. The summed E-state index contributed by atoms with van der Waals surface area (Å²) in [5.74, 6) is 0.0172. The zero-order chi connectivity index (χ0) is 20.9. The van der Waals surface area contributed by atoms with Gasteiger partial charge < -0.3 is 14.8 Å². The molecule has 0 radical (unpaired) electrons. The lowest BCUT2D eigenvalue weighted by molar-refractivity contribution is -0.111. The molecule has 1 N–H and O–H groups in total. The number of aromatic nitrogens is 2. The van der Waals surface area contributed by atoms with Gasteiger partial charge in [0.05, 0.1) is 18.2 Å². The highest BCUT2D eigenvalue weighted by Crippen LogP contribution is 2.35. The molecular weight excluding hydrogens is 392 g/mol. The molecule has 1 aromatic heterocycles. The van der Waals surface area contributed by atoms with Gasteiger partial charge in [-0.1, -0.05) is 23.9 Å². The van der Waals surface area contributed by atoms with Crippen LogP contribution < -0.4 is 10.1 Å². The molecule has 0 bridgehead atoms. The molecule has 0 aliphatic rings. The van der Waals surface area contributed by atoms with E-state index in [2.05, 4.69) is 15.1 Å². The van der Waals surface area contributed by atoms with E-state index in [-0.39, 0.29) is 16.5 Å². The molecule has 3 aromatic rings. The van der Waals surface area contributed by atoms with Crippen LogP contribution in [0.25, 0.3) is 10.8 Å². The number of ether oxygens (including phenoxy) is 1. The molecular formula is C20H19N4O4S-. The van der Waals surface area contributed by atoms with Crippen LogP contribution in [0, 0.1) is 0 Å². The topological polar surface area (TPSA) is 104 Å². The smallest absolute Gasteiger partial charge is 0.248 e. The first-order chi connectivity index (χ1) is 13.9. The molecule has 1 amide bonds. The Morgan fingerprint density at radius 1 is 1.17 bits per heavy atom. The van der Waals surface area contributed by atoms with Crippen LogP contribution in [-0.4, -0.2) is 31.2 Å². The molecule has 150 valence electrons. The number of rotatable bonds is 7. The highest BCUT2D eigenvalue weighted by molar-refractivity contribution is 7.94. The van der Waals surface area contributed by atoms with Crippen LogP contribution in [0.5, 0.6) is 5.75 Å². The normalized spacial score (nSPS) is 11.4. The van der Waals surface area contributed by atoms with Crippen molar-refractivity contribution in [3.8, 4) is 5.75 Å². The van der Waals surface area contributed by atoms with Crippen molar-refractivity contribution in [1.82, 2.24) is 9.78 Å². The summed E-state index contributed by atoms with van der Waals surface area (Å²) >= 11 is 0. The quantitative estimate of drug-likeness (QED) is 0.600. The molecule has 29 heavy (non-hydrogen) atoms. The molecule has 0 aliphatic carbocycles. The Morgan fingerprint density at radius 2 is 1.90 bits per heavy atom. The van der Waals surface area contributed by atoms with Crippen molar-refractivity contribution in [3.63, 3.8) is 0 Å². The lowest BCUT2D eigenvalue weighted by atomic mass is 10.3. The van der Waals surface area contributed by atoms with Gasteiger partial charge in [0.15, 0.2) is 0 Å². The van der Waals surface area contributed by atoms with E-state index in [4.69, 9.17) is 4.74 Å². The molecule has 0 unspecified atom stereocenters. The Balaban J connectivity index is 1.67. The molecule has 2 aromatic carbocycles. The van der Waals surface area contributed by atoms with Gasteiger partial charge in [-0.15, -0.1) is 0 Å². The number of amides is 1. The number of carbonyl (C=O) groups is 1. The van der Waals surface area contributed by atoms with E-state index < -0.39 is 10.0 Å². The second-order valence-electron chi connectivity index (χ2n) is 6.03. The van der Waals surface area contributed by atoms with Gasteiger partial charge in [-0.2, -0.15) is 5.10 Å². The van der Waals surface area contributed by atoms with Gasteiger partial charge >= 0.3 is 0 Å². The summed E-state index contributed by atoms with van der Waals surface area (Å²) in [6.45, 7) is 0. The highest BCUT2D eigenvalue weighted by atomic mass is 32.2. The number of aryl methyl sites for hydroxylation is 1. The molecule has 0 fully saturated rings. The standard InChI is InChI=1S/C20H19N4O4S/c1-24-14-15(13-21-24)7-12-20(25)22-16-8-10-17(11-9-16)29(26,27)23-18-5-3-4-6-19(18)28-2/h3-14H,1-2H3,(H,22,25)/q-1. The van der Waals surface area contributed by atoms with E-state index in [1.165, 1.54) is 37.5 Å². The van der Waals surface area contributed by atoms with Crippen LogP contribution in [0.2, 0.25) is 0 Å². The number of methoxy groups -OCH3 is 1. The average Bonchev–Trinajstić information content (AvgIpc) is 3.12. The zero-order valence-electron chi connectivity index (χ0n) is 15.8. The van der Waals surface area contributed by atoms with E-state index >= 15 is 0 Å². The van der Waals surface area contributed by atoms with Crippen LogP contribution >= 0.6 is 0 Å². The Labute approximate surface area is 168 Å². The fraction of sp³-hybridized carbons (Fsp3) is 0.100. The fourth-order valence-corrected chi connectivity index (χ4v) is 3.47. The van der Waals surface area contributed by atoms with Crippen molar-refractivity contribution >= 4 is 33.4 Å². The maximum absolute atomic E-state index is 12.5. The molecule has 0 saturated heterocycles. The van der Waals surface area contributed by atoms with Crippen LogP contribution in [-0.2, 0) is 21.9 Å². The second kappa shape index (κ2) is 8.61. The molecule has 0 spiro atoms. The lowest BCUT2D eigenvalue weighted by Crippen LogP contribution is -2.08. The van der Waals surface area contributed by atoms with Gasteiger partial charge in [0.25, 0.3) is 0 Å². The number of anilines is 1. The third kappa shape index (κ3) is 5.23. The molecule has 9 heteroatoms. The fourth-order valence-electron chi connectivity index (χ4n) is 2.48. The van der Waals surface area contributed by atoms with Gasteiger partial charge in [0.1, 0.15) is 15.8 Å². The maximum Gasteiger partial charge on any atom is 0.248 e. The van der Waals surface area contributed by atoms with Crippen LogP contribution in [0.4, 0.5) is 11.4 Å². The van der Waals surface area contributed by atoms with Crippen molar-refractivity contribution in [3.05, 3.63) is 77.3 Å². The Kier molecular flexibility index (Phi) is 5.99. The lowest BCUT2D eigenvalue weighted by Gasteiger charge is -2.24. The predicted octanol–water partition coefficient (Wildman–Crippen LogP) is 3.47. The van der Waals surface area contributed by atoms with Gasteiger partial charge in [-0.25, -0.2) is 8.42 Å². The van der Waals surface area contributed by atoms with E-state index in [1.807, 2.05) is 0 Å². The summed E-state index contributed by atoms with van der Waals surface area (Å²) in [6.07, 6.45) is 6.41. The molecule has 0 saturated carbocycles.